The van der Waals surface area contributed by atoms with Gasteiger partial charge in [-0.2, -0.15) is 11.3 Å². The third-order valence-electron chi connectivity index (χ3n) is 0.893. The minimum absolute atomic E-state index is 1.09. The van der Waals surface area contributed by atoms with E-state index in [-0.39, 0.29) is 0 Å². The summed E-state index contributed by atoms with van der Waals surface area (Å²) in [5.74, 6) is 0. The molecule has 48 valence electrons. The fraction of sp³-hybridized carbons (Fsp3) is 0. The van der Waals surface area contributed by atoms with Crippen LogP contribution in [0.5, 0.6) is 0 Å². The highest BCUT2D eigenvalue weighted by atomic mass is 79.9. The lowest BCUT2D eigenvalue weighted by Crippen LogP contribution is -1.62. The number of halogens is 2. The molecule has 0 aliphatic rings. The lowest BCUT2D eigenvalue weighted by atomic mass is 10.3. The standard InChI is InChI=1S/C6H4Br2S/c7-3-6(8)5-1-2-9-4-5/h1-4H. The zero-order valence-electron chi connectivity index (χ0n) is 4.47. The van der Waals surface area contributed by atoms with Gasteiger partial charge in [-0.1, -0.05) is 15.9 Å². The first-order valence-corrected chi connectivity index (χ1v) is 4.98. The second kappa shape index (κ2) is 3.54. The molecule has 1 aromatic rings. The average Bonchev–Trinajstić information content (AvgIpc) is 2.37. The molecule has 0 fully saturated rings. The van der Waals surface area contributed by atoms with Crippen LogP contribution in [0.4, 0.5) is 0 Å². The average molecular weight is 268 g/mol. The normalized spacial score (nSPS) is 12.0. The molecule has 1 rings (SSSR count). The van der Waals surface area contributed by atoms with Gasteiger partial charge in [0.1, 0.15) is 0 Å². The Labute approximate surface area is 74.8 Å². The minimum Gasteiger partial charge on any atom is -0.152 e. The van der Waals surface area contributed by atoms with Crippen molar-refractivity contribution in [2.45, 2.75) is 0 Å². The second-order valence-corrected chi connectivity index (χ2v) is 3.56. The molecule has 0 aromatic carbocycles. The molecule has 0 nitrogen and oxygen atoms in total. The summed E-state index contributed by atoms with van der Waals surface area (Å²) in [5, 5.41) is 4.13. The summed E-state index contributed by atoms with van der Waals surface area (Å²) in [6, 6.07) is 2.06. The molecule has 9 heavy (non-hydrogen) atoms. The van der Waals surface area contributed by atoms with Crippen molar-refractivity contribution in [1.82, 2.24) is 0 Å². The van der Waals surface area contributed by atoms with Crippen LogP contribution >= 0.6 is 43.2 Å². The van der Waals surface area contributed by atoms with Gasteiger partial charge in [0.2, 0.25) is 0 Å². The predicted octanol–water partition coefficient (Wildman–Crippen LogP) is 3.84. The maximum Gasteiger partial charge on any atom is 0.0325 e. The Hall–Kier alpha value is 0.400. The van der Waals surface area contributed by atoms with Crippen LogP contribution in [0, 0.1) is 0 Å². The highest BCUT2D eigenvalue weighted by Gasteiger charge is 1.93. The monoisotopic (exact) mass is 266 g/mol. The lowest BCUT2D eigenvalue weighted by Gasteiger charge is -1.87. The van der Waals surface area contributed by atoms with E-state index in [9.17, 15) is 0 Å². The number of hydrogen-bond donors (Lipinski definition) is 0. The van der Waals surface area contributed by atoms with Gasteiger partial charge >= 0.3 is 0 Å². The Morgan fingerprint density at radius 2 is 2.44 bits per heavy atom. The van der Waals surface area contributed by atoms with Crippen molar-refractivity contribution in [3.05, 3.63) is 27.4 Å². The lowest BCUT2D eigenvalue weighted by molar-refractivity contribution is 1.88. The van der Waals surface area contributed by atoms with Crippen molar-refractivity contribution in [1.29, 1.82) is 0 Å². The fourth-order valence-electron chi connectivity index (χ4n) is 0.463. The zero-order chi connectivity index (χ0) is 6.69. The molecule has 0 radical (unpaired) electrons. The van der Waals surface area contributed by atoms with Crippen LogP contribution in [0.2, 0.25) is 0 Å². The molecule has 0 spiro atoms. The summed E-state index contributed by atoms with van der Waals surface area (Å²) < 4.78 is 1.09. The minimum atomic E-state index is 1.09. The van der Waals surface area contributed by atoms with E-state index >= 15 is 0 Å². The molecule has 0 N–H and O–H groups in total. The summed E-state index contributed by atoms with van der Waals surface area (Å²) in [4.78, 5) is 1.86. The number of hydrogen-bond acceptors (Lipinski definition) is 1. The highest BCUT2D eigenvalue weighted by Crippen LogP contribution is 2.23. The van der Waals surface area contributed by atoms with Gasteiger partial charge in [-0.05, 0) is 43.3 Å². The van der Waals surface area contributed by atoms with Crippen LogP contribution in [0.3, 0.4) is 0 Å². The van der Waals surface area contributed by atoms with E-state index < -0.39 is 0 Å². The van der Waals surface area contributed by atoms with Gasteiger partial charge in [0.05, 0.1) is 0 Å². The molecule has 1 heterocycles. The van der Waals surface area contributed by atoms with E-state index in [0.717, 1.165) is 4.48 Å². The van der Waals surface area contributed by atoms with Crippen molar-refractivity contribution in [3.63, 3.8) is 0 Å². The third kappa shape index (κ3) is 1.92. The molecule has 0 saturated carbocycles. The zero-order valence-corrected chi connectivity index (χ0v) is 8.46. The maximum atomic E-state index is 3.38. The first-order chi connectivity index (χ1) is 4.34. The Morgan fingerprint density at radius 1 is 1.67 bits per heavy atom. The Morgan fingerprint density at radius 3 is 2.89 bits per heavy atom. The van der Waals surface area contributed by atoms with Gasteiger partial charge in [-0.3, -0.25) is 0 Å². The maximum absolute atomic E-state index is 3.38. The van der Waals surface area contributed by atoms with Crippen molar-refractivity contribution in [2.24, 2.45) is 0 Å². The quantitative estimate of drug-likeness (QED) is 0.725. The molecule has 1 aromatic heterocycles. The van der Waals surface area contributed by atoms with Crippen LogP contribution in [0.25, 0.3) is 4.48 Å². The van der Waals surface area contributed by atoms with Crippen molar-refractivity contribution in [3.8, 4) is 0 Å². The van der Waals surface area contributed by atoms with Crippen LogP contribution < -0.4 is 0 Å². The number of rotatable bonds is 1. The van der Waals surface area contributed by atoms with Gasteiger partial charge in [0.15, 0.2) is 0 Å². The van der Waals surface area contributed by atoms with Gasteiger partial charge in [0.25, 0.3) is 0 Å². The van der Waals surface area contributed by atoms with Gasteiger partial charge in [-0.15, -0.1) is 0 Å². The Bertz CT molecular complexity index is 201. The van der Waals surface area contributed by atoms with E-state index in [1.165, 1.54) is 5.56 Å². The van der Waals surface area contributed by atoms with Crippen molar-refractivity contribution in [2.75, 3.05) is 0 Å². The number of thiophene rings is 1. The van der Waals surface area contributed by atoms with Crippen LogP contribution in [0.1, 0.15) is 5.56 Å². The first kappa shape index (κ1) is 7.51. The molecule has 0 bridgehead atoms. The first-order valence-electron chi connectivity index (χ1n) is 2.33. The molecule has 0 saturated heterocycles. The van der Waals surface area contributed by atoms with Crippen LogP contribution in [-0.4, -0.2) is 0 Å². The van der Waals surface area contributed by atoms with E-state index in [4.69, 9.17) is 0 Å². The van der Waals surface area contributed by atoms with E-state index in [1.54, 1.807) is 11.3 Å². The molecular formula is C6H4Br2S. The molecule has 0 unspecified atom stereocenters. The SMILES string of the molecule is BrC=C(Br)c1ccsc1. The van der Waals surface area contributed by atoms with Gasteiger partial charge in [0, 0.05) is 4.48 Å². The highest BCUT2D eigenvalue weighted by molar-refractivity contribution is 9.16. The fourth-order valence-corrected chi connectivity index (χ4v) is 1.78. The van der Waals surface area contributed by atoms with Gasteiger partial charge < -0.3 is 0 Å². The third-order valence-corrected chi connectivity index (χ3v) is 3.33. The van der Waals surface area contributed by atoms with Crippen LogP contribution in [0.15, 0.2) is 21.8 Å². The summed E-state index contributed by atoms with van der Waals surface area (Å²) in [5.41, 5.74) is 1.22. The predicted molar refractivity (Wildman–Crippen MR) is 50.2 cm³/mol. The molecular weight excluding hydrogens is 264 g/mol. The molecule has 0 aliphatic carbocycles. The topological polar surface area (TPSA) is 0 Å². The summed E-state index contributed by atoms with van der Waals surface area (Å²) >= 11 is 8.31. The summed E-state index contributed by atoms with van der Waals surface area (Å²) in [6.07, 6.45) is 0. The largest absolute Gasteiger partial charge is 0.152 e. The van der Waals surface area contributed by atoms with E-state index in [2.05, 4.69) is 43.3 Å². The van der Waals surface area contributed by atoms with Crippen molar-refractivity contribution >= 4 is 47.7 Å². The smallest absolute Gasteiger partial charge is 0.0325 e. The summed E-state index contributed by atoms with van der Waals surface area (Å²) in [6.45, 7) is 0. The Balaban J connectivity index is 2.90. The molecule has 0 amide bonds. The molecule has 3 heteroatoms. The second-order valence-electron chi connectivity index (χ2n) is 1.47. The van der Waals surface area contributed by atoms with Crippen molar-refractivity contribution < 1.29 is 0 Å². The molecule has 0 atom stereocenters. The van der Waals surface area contributed by atoms with Crippen LogP contribution in [-0.2, 0) is 0 Å². The molecule has 0 aliphatic heterocycles. The summed E-state index contributed by atoms with van der Waals surface area (Å²) in [7, 11) is 0. The van der Waals surface area contributed by atoms with Gasteiger partial charge in [-0.25, -0.2) is 0 Å². The Kier molecular flexibility index (Phi) is 2.95. The van der Waals surface area contributed by atoms with E-state index in [1.807, 2.05) is 10.4 Å². The van der Waals surface area contributed by atoms with E-state index in [0.29, 0.717) is 0 Å².